The van der Waals surface area contributed by atoms with Gasteiger partial charge >= 0.3 is 0 Å². The van der Waals surface area contributed by atoms with Gasteiger partial charge < -0.3 is 15.7 Å². The summed E-state index contributed by atoms with van der Waals surface area (Å²) in [6.07, 6.45) is 0.741. The van der Waals surface area contributed by atoms with Gasteiger partial charge in [-0.25, -0.2) is 0 Å². The van der Waals surface area contributed by atoms with Crippen LogP contribution in [0.2, 0.25) is 0 Å². The summed E-state index contributed by atoms with van der Waals surface area (Å²) < 4.78 is 0. The Bertz CT molecular complexity index is 177. The highest BCUT2D eigenvalue weighted by molar-refractivity contribution is 5.85. The molecule has 0 saturated heterocycles. The summed E-state index contributed by atoms with van der Waals surface area (Å²) in [5, 5.41) is 14.8. The van der Waals surface area contributed by atoms with Gasteiger partial charge in [0.2, 0.25) is 5.91 Å². The largest absolute Gasteiger partial charge is 0.394 e. The third kappa shape index (κ3) is 4.07. The topological polar surface area (TPSA) is 61.4 Å². The molecule has 4 heteroatoms. The van der Waals surface area contributed by atoms with Crippen LogP contribution in [0.1, 0.15) is 34.1 Å². The Kier molecular flexibility index (Phi) is 5.72. The van der Waals surface area contributed by atoms with Crippen LogP contribution in [0.4, 0.5) is 0 Å². The smallest absolute Gasteiger partial charge is 0.240 e. The van der Waals surface area contributed by atoms with Crippen LogP contribution in [0.5, 0.6) is 0 Å². The second kappa shape index (κ2) is 5.98. The van der Waals surface area contributed by atoms with Crippen LogP contribution < -0.4 is 10.6 Å². The molecule has 0 aliphatic rings. The minimum atomic E-state index is -0.572. The van der Waals surface area contributed by atoms with E-state index >= 15 is 0 Å². The lowest BCUT2D eigenvalue weighted by molar-refractivity contribution is -0.127. The summed E-state index contributed by atoms with van der Waals surface area (Å²) >= 11 is 0. The highest BCUT2D eigenvalue weighted by atomic mass is 16.3. The first kappa shape index (κ1) is 13.4. The van der Waals surface area contributed by atoms with Gasteiger partial charge in [0.05, 0.1) is 18.2 Å². The molecular weight excluding hydrogens is 180 g/mol. The Morgan fingerprint density at radius 3 is 2.36 bits per heavy atom. The Morgan fingerprint density at radius 2 is 2.00 bits per heavy atom. The first-order valence-electron chi connectivity index (χ1n) is 5.14. The van der Waals surface area contributed by atoms with E-state index in [0.29, 0.717) is 0 Å². The maximum absolute atomic E-state index is 11.7. The maximum Gasteiger partial charge on any atom is 0.240 e. The molecular formula is C10H22N2O2. The fourth-order valence-corrected chi connectivity index (χ4v) is 1.16. The first-order valence-corrected chi connectivity index (χ1v) is 5.14. The Balaban J connectivity index is 4.17. The number of carbonyl (C=O) groups excluding carboxylic acids is 1. The van der Waals surface area contributed by atoms with Crippen LogP contribution in [-0.2, 0) is 4.79 Å². The lowest BCUT2D eigenvalue weighted by Gasteiger charge is -2.26. The monoisotopic (exact) mass is 202 g/mol. The molecule has 3 N–H and O–H groups in total. The van der Waals surface area contributed by atoms with Crippen molar-refractivity contribution in [3.63, 3.8) is 0 Å². The van der Waals surface area contributed by atoms with Crippen LogP contribution in [0.3, 0.4) is 0 Å². The Labute approximate surface area is 86.1 Å². The summed E-state index contributed by atoms with van der Waals surface area (Å²) in [5.74, 6) is -0.0692. The number of aliphatic hydroxyl groups excluding tert-OH is 1. The number of likely N-dealkylation sites (N-methyl/N-ethyl adjacent to an activating group) is 1. The maximum atomic E-state index is 11.7. The van der Waals surface area contributed by atoms with Crippen LogP contribution in [0.15, 0.2) is 0 Å². The van der Waals surface area contributed by atoms with E-state index in [-0.39, 0.29) is 18.6 Å². The highest BCUT2D eigenvalue weighted by Crippen LogP contribution is 2.03. The molecule has 1 atom stereocenters. The molecule has 84 valence electrons. The van der Waals surface area contributed by atoms with Crippen molar-refractivity contribution in [1.82, 2.24) is 10.6 Å². The number of hydrogen-bond donors (Lipinski definition) is 3. The zero-order chi connectivity index (χ0) is 11.2. The fraction of sp³-hybridized carbons (Fsp3) is 0.900. The van der Waals surface area contributed by atoms with E-state index in [2.05, 4.69) is 10.6 Å². The van der Waals surface area contributed by atoms with Crippen molar-refractivity contribution in [3.8, 4) is 0 Å². The molecule has 0 aromatic heterocycles. The third-order valence-electron chi connectivity index (χ3n) is 2.23. The van der Waals surface area contributed by atoms with Gasteiger partial charge in [0, 0.05) is 0 Å². The Hall–Kier alpha value is -0.610. The minimum Gasteiger partial charge on any atom is -0.394 e. The molecule has 14 heavy (non-hydrogen) atoms. The van der Waals surface area contributed by atoms with Crippen LogP contribution in [0.25, 0.3) is 0 Å². The predicted octanol–water partition coefficient (Wildman–Crippen LogP) is 0.262. The highest BCUT2D eigenvalue weighted by Gasteiger charge is 2.27. The molecule has 0 fully saturated rings. The lowest BCUT2D eigenvalue weighted by Crippen LogP contribution is -2.55. The minimum absolute atomic E-state index is 0.00948. The second-order valence-corrected chi connectivity index (χ2v) is 3.92. The summed E-state index contributed by atoms with van der Waals surface area (Å²) in [6.45, 7) is 8.28. The summed E-state index contributed by atoms with van der Waals surface area (Å²) in [5.41, 5.74) is -0.572. The number of hydrogen-bond acceptors (Lipinski definition) is 3. The normalized spacial score (nSPS) is 13.8. The lowest BCUT2D eigenvalue weighted by atomic mass is 10.0. The van der Waals surface area contributed by atoms with E-state index < -0.39 is 5.54 Å². The molecule has 0 rings (SSSR count). The zero-order valence-corrected chi connectivity index (χ0v) is 9.55. The first-order chi connectivity index (χ1) is 6.47. The SMILES string of the molecule is CCNC(C)(C)C(=O)N[C@H](CC)CO. The number of rotatable bonds is 6. The van der Waals surface area contributed by atoms with Crippen LogP contribution >= 0.6 is 0 Å². The van der Waals surface area contributed by atoms with Gasteiger partial charge in [0.15, 0.2) is 0 Å². The molecule has 0 bridgehead atoms. The van der Waals surface area contributed by atoms with Crippen LogP contribution in [-0.4, -0.2) is 35.7 Å². The molecule has 0 radical (unpaired) electrons. The van der Waals surface area contributed by atoms with Gasteiger partial charge in [-0.1, -0.05) is 13.8 Å². The van der Waals surface area contributed by atoms with Crippen molar-refractivity contribution in [3.05, 3.63) is 0 Å². The summed E-state index contributed by atoms with van der Waals surface area (Å²) in [4.78, 5) is 11.7. The average molecular weight is 202 g/mol. The quantitative estimate of drug-likeness (QED) is 0.579. The van der Waals surface area contributed by atoms with E-state index in [1.165, 1.54) is 0 Å². The van der Waals surface area contributed by atoms with E-state index in [0.717, 1.165) is 13.0 Å². The molecule has 4 nitrogen and oxygen atoms in total. The van der Waals surface area contributed by atoms with Crippen LogP contribution in [0, 0.1) is 0 Å². The zero-order valence-electron chi connectivity index (χ0n) is 9.55. The van der Waals surface area contributed by atoms with E-state index in [1.807, 2.05) is 27.7 Å². The van der Waals surface area contributed by atoms with E-state index in [4.69, 9.17) is 5.11 Å². The van der Waals surface area contributed by atoms with Gasteiger partial charge in [0.25, 0.3) is 0 Å². The number of nitrogens with one attached hydrogen (secondary N) is 2. The van der Waals surface area contributed by atoms with Gasteiger partial charge in [0.1, 0.15) is 0 Å². The van der Waals surface area contributed by atoms with Gasteiger partial charge in [-0.05, 0) is 26.8 Å². The van der Waals surface area contributed by atoms with Crippen molar-refractivity contribution in [1.29, 1.82) is 0 Å². The van der Waals surface area contributed by atoms with Gasteiger partial charge in [-0.15, -0.1) is 0 Å². The van der Waals surface area contributed by atoms with E-state index in [1.54, 1.807) is 0 Å². The molecule has 1 amide bonds. The van der Waals surface area contributed by atoms with Gasteiger partial charge in [-0.2, -0.15) is 0 Å². The molecule has 0 aromatic rings. The number of amides is 1. The Morgan fingerprint density at radius 1 is 1.43 bits per heavy atom. The molecule has 0 aromatic carbocycles. The van der Waals surface area contributed by atoms with Crippen molar-refractivity contribution >= 4 is 5.91 Å². The fourth-order valence-electron chi connectivity index (χ4n) is 1.16. The molecule has 0 aliphatic heterocycles. The molecule has 0 saturated carbocycles. The van der Waals surface area contributed by atoms with Gasteiger partial charge in [-0.3, -0.25) is 4.79 Å². The van der Waals surface area contributed by atoms with Crippen molar-refractivity contribution in [2.24, 2.45) is 0 Å². The molecule has 0 unspecified atom stereocenters. The van der Waals surface area contributed by atoms with Crippen molar-refractivity contribution in [2.45, 2.75) is 45.7 Å². The molecule has 0 spiro atoms. The summed E-state index contributed by atoms with van der Waals surface area (Å²) in [6, 6.07) is -0.138. The standard InChI is InChI=1S/C10H22N2O2/c1-5-8(7-13)12-9(14)10(3,4)11-6-2/h8,11,13H,5-7H2,1-4H3,(H,12,14)/t8-/m1/s1. The number of carbonyl (C=O) groups is 1. The third-order valence-corrected chi connectivity index (χ3v) is 2.23. The van der Waals surface area contributed by atoms with E-state index in [9.17, 15) is 4.79 Å². The molecule has 0 heterocycles. The second-order valence-electron chi connectivity index (χ2n) is 3.92. The predicted molar refractivity (Wildman–Crippen MR) is 57.1 cm³/mol. The average Bonchev–Trinajstić information content (AvgIpc) is 2.13. The molecule has 0 aliphatic carbocycles. The number of aliphatic hydroxyl groups is 1. The summed E-state index contributed by atoms with van der Waals surface area (Å²) in [7, 11) is 0. The van der Waals surface area contributed by atoms with Crippen molar-refractivity contribution < 1.29 is 9.90 Å². The van der Waals surface area contributed by atoms with Crippen molar-refractivity contribution in [2.75, 3.05) is 13.2 Å².